The van der Waals surface area contributed by atoms with E-state index in [-0.39, 0.29) is 0 Å². The summed E-state index contributed by atoms with van der Waals surface area (Å²) in [6.07, 6.45) is 1.76. The highest BCUT2D eigenvalue weighted by Crippen LogP contribution is 2.13. The molecule has 0 radical (unpaired) electrons. The van der Waals surface area contributed by atoms with E-state index in [1.807, 2.05) is 24.3 Å². The zero-order valence-electron chi connectivity index (χ0n) is 9.46. The number of nitrogens with zero attached hydrogens (tertiary/aromatic N) is 1. The topological polar surface area (TPSA) is 51.5 Å². The molecule has 1 heterocycles. The second-order valence-corrected chi connectivity index (χ2v) is 3.67. The first-order valence-corrected chi connectivity index (χ1v) is 5.22. The molecule has 0 aliphatic rings. The first-order valence-electron chi connectivity index (χ1n) is 5.22. The Balaban J connectivity index is 2.19. The zero-order valence-corrected chi connectivity index (χ0v) is 9.46. The summed E-state index contributed by atoms with van der Waals surface area (Å²) in [5.41, 5.74) is 1.32. The summed E-state index contributed by atoms with van der Waals surface area (Å²) in [6.45, 7) is 0.540. The lowest BCUT2D eigenvalue weighted by molar-refractivity contribution is 0.0685. The highest BCUT2D eigenvalue weighted by atomic mass is 16.5. The predicted octanol–water partition coefficient (Wildman–Crippen LogP) is 2.24. The lowest BCUT2D eigenvalue weighted by atomic mass is 10.2. The van der Waals surface area contributed by atoms with Gasteiger partial charge in [-0.3, -0.25) is 0 Å². The number of rotatable bonds is 4. The van der Waals surface area contributed by atoms with Crippen molar-refractivity contribution in [3.63, 3.8) is 0 Å². The maximum Gasteiger partial charge on any atom is 0.352 e. The van der Waals surface area contributed by atoms with Gasteiger partial charge in [0, 0.05) is 12.7 Å². The summed E-state index contributed by atoms with van der Waals surface area (Å²) in [6, 6.07) is 10.9. The molecular weight excluding hydrogens is 218 g/mol. The zero-order chi connectivity index (χ0) is 12.3. The fourth-order valence-electron chi connectivity index (χ4n) is 1.67. The number of carboxylic acid groups (broad SMARTS) is 1. The molecule has 0 atom stereocenters. The van der Waals surface area contributed by atoms with Crippen molar-refractivity contribution in [3.8, 4) is 5.75 Å². The first kappa shape index (κ1) is 11.3. The predicted molar refractivity (Wildman–Crippen MR) is 63.5 cm³/mol. The van der Waals surface area contributed by atoms with Gasteiger partial charge in [-0.1, -0.05) is 12.1 Å². The van der Waals surface area contributed by atoms with Crippen LogP contribution >= 0.6 is 0 Å². The van der Waals surface area contributed by atoms with Crippen molar-refractivity contribution in [3.05, 3.63) is 53.9 Å². The normalized spacial score (nSPS) is 10.2. The molecule has 0 saturated heterocycles. The molecule has 2 rings (SSSR count). The van der Waals surface area contributed by atoms with Crippen LogP contribution in [0.25, 0.3) is 0 Å². The van der Waals surface area contributed by atoms with Gasteiger partial charge < -0.3 is 14.4 Å². The van der Waals surface area contributed by atoms with Crippen LogP contribution in [-0.4, -0.2) is 22.8 Å². The van der Waals surface area contributed by atoms with Gasteiger partial charge in [0.05, 0.1) is 7.11 Å². The van der Waals surface area contributed by atoms with Gasteiger partial charge in [0.2, 0.25) is 0 Å². The van der Waals surface area contributed by atoms with Crippen LogP contribution in [0.3, 0.4) is 0 Å². The Bertz CT molecular complexity index is 514. The maximum absolute atomic E-state index is 10.9. The molecular formula is C13H13NO3. The lowest BCUT2D eigenvalue weighted by Crippen LogP contribution is -2.08. The fraction of sp³-hybridized carbons (Fsp3) is 0.154. The van der Waals surface area contributed by atoms with Gasteiger partial charge in [0.15, 0.2) is 0 Å². The quantitative estimate of drug-likeness (QED) is 0.878. The minimum absolute atomic E-state index is 0.292. The molecule has 2 aromatic rings. The second kappa shape index (κ2) is 4.74. The first-order chi connectivity index (χ1) is 8.20. The molecule has 0 aliphatic heterocycles. The van der Waals surface area contributed by atoms with Gasteiger partial charge in [-0.25, -0.2) is 4.79 Å². The van der Waals surface area contributed by atoms with Crippen LogP contribution in [0.5, 0.6) is 5.75 Å². The molecule has 1 N–H and O–H groups in total. The van der Waals surface area contributed by atoms with Crippen molar-refractivity contribution < 1.29 is 14.6 Å². The average molecular weight is 231 g/mol. The highest BCUT2D eigenvalue weighted by molar-refractivity contribution is 5.85. The molecule has 0 fully saturated rings. The standard InChI is InChI=1S/C13H13NO3/c1-17-11-6-4-10(5-7-11)9-14-8-2-3-12(14)13(15)16/h2-8H,9H2,1H3,(H,15,16). The molecule has 1 aromatic heterocycles. The lowest BCUT2D eigenvalue weighted by Gasteiger charge is -2.07. The number of carboxylic acids is 1. The van der Waals surface area contributed by atoms with E-state index in [9.17, 15) is 4.79 Å². The minimum Gasteiger partial charge on any atom is -0.497 e. The van der Waals surface area contributed by atoms with Gasteiger partial charge in [-0.2, -0.15) is 0 Å². The third-order valence-electron chi connectivity index (χ3n) is 2.56. The molecule has 0 unspecified atom stereocenters. The van der Waals surface area contributed by atoms with Crippen LogP contribution in [0.1, 0.15) is 16.1 Å². The Hall–Kier alpha value is -2.23. The summed E-state index contributed by atoms with van der Waals surface area (Å²) >= 11 is 0. The van der Waals surface area contributed by atoms with Crippen molar-refractivity contribution in [2.75, 3.05) is 7.11 Å². The maximum atomic E-state index is 10.9. The summed E-state index contributed by atoms with van der Waals surface area (Å²) in [5, 5.41) is 8.97. The SMILES string of the molecule is COc1ccc(Cn2cccc2C(=O)O)cc1. The van der Waals surface area contributed by atoms with Crippen LogP contribution in [0.2, 0.25) is 0 Å². The second-order valence-electron chi connectivity index (χ2n) is 3.67. The third kappa shape index (κ3) is 2.47. The van der Waals surface area contributed by atoms with E-state index in [0.717, 1.165) is 11.3 Å². The number of methoxy groups -OCH3 is 1. The number of hydrogen-bond acceptors (Lipinski definition) is 2. The van der Waals surface area contributed by atoms with E-state index < -0.39 is 5.97 Å². The van der Waals surface area contributed by atoms with Gasteiger partial charge in [0.1, 0.15) is 11.4 Å². The Kier molecular flexibility index (Phi) is 3.14. The van der Waals surface area contributed by atoms with E-state index in [2.05, 4.69) is 0 Å². The fourth-order valence-corrected chi connectivity index (χ4v) is 1.67. The van der Waals surface area contributed by atoms with E-state index in [4.69, 9.17) is 9.84 Å². The molecule has 0 spiro atoms. The Morgan fingerprint density at radius 3 is 2.59 bits per heavy atom. The van der Waals surface area contributed by atoms with Crippen molar-refractivity contribution in [1.82, 2.24) is 4.57 Å². The van der Waals surface area contributed by atoms with Crippen molar-refractivity contribution in [2.24, 2.45) is 0 Å². The van der Waals surface area contributed by atoms with E-state index >= 15 is 0 Å². The average Bonchev–Trinajstić information content (AvgIpc) is 2.78. The van der Waals surface area contributed by atoms with Crippen molar-refractivity contribution in [2.45, 2.75) is 6.54 Å². The molecule has 4 nitrogen and oxygen atoms in total. The van der Waals surface area contributed by atoms with Crippen LogP contribution in [0.15, 0.2) is 42.6 Å². The van der Waals surface area contributed by atoms with Crippen molar-refractivity contribution in [1.29, 1.82) is 0 Å². The van der Waals surface area contributed by atoms with Crippen molar-refractivity contribution >= 4 is 5.97 Å². The number of benzene rings is 1. The van der Waals surface area contributed by atoms with Crippen LogP contribution in [0, 0.1) is 0 Å². The molecule has 88 valence electrons. The molecule has 0 saturated carbocycles. The van der Waals surface area contributed by atoms with Gasteiger partial charge in [0.25, 0.3) is 0 Å². The van der Waals surface area contributed by atoms with Crippen LogP contribution < -0.4 is 4.74 Å². The van der Waals surface area contributed by atoms with Gasteiger partial charge >= 0.3 is 5.97 Å². The molecule has 0 aliphatic carbocycles. The third-order valence-corrected chi connectivity index (χ3v) is 2.56. The Morgan fingerprint density at radius 1 is 1.29 bits per heavy atom. The molecule has 4 heteroatoms. The Morgan fingerprint density at radius 2 is 2.00 bits per heavy atom. The summed E-state index contributed by atoms with van der Waals surface area (Å²) in [7, 11) is 1.61. The van der Waals surface area contributed by atoms with Crippen LogP contribution in [0.4, 0.5) is 0 Å². The smallest absolute Gasteiger partial charge is 0.352 e. The number of hydrogen-bond donors (Lipinski definition) is 1. The summed E-state index contributed by atoms with van der Waals surface area (Å²) in [5.74, 6) is -0.122. The minimum atomic E-state index is -0.913. The van der Waals surface area contributed by atoms with E-state index in [0.29, 0.717) is 12.2 Å². The number of aromatic carboxylic acids is 1. The molecule has 0 amide bonds. The largest absolute Gasteiger partial charge is 0.497 e. The Labute approximate surface area is 99.1 Å². The number of ether oxygens (including phenoxy) is 1. The molecule has 17 heavy (non-hydrogen) atoms. The number of carbonyl (C=O) groups is 1. The summed E-state index contributed by atoms with van der Waals surface area (Å²) in [4.78, 5) is 10.9. The summed E-state index contributed by atoms with van der Waals surface area (Å²) < 4.78 is 6.76. The van der Waals surface area contributed by atoms with E-state index in [1.165, 1.54) is 0 Å². The van der Waals surface area contributed by atoms with Crippen LogP contribution in [-0.2, 0) is 6.54 Å². The highest BCUT2D eigenvalue weighted by Gasteiger charge is 2.08. The number of aromatic nitrogens is 1. The molecule has 1 aromatic carbocycles. The van der Waals surface area contributed by atoms with E-state index in [1.54, 1.807) is 30.0 Å². The van der Waals surface area contributed by atoms with Gasteiger partial charge in [-0.15, -0.1) is 0 Å². The monoisotopic (exact) mass is 231 g/mol. The van der Waals surface area contributed by atoms with Gasteiger partial charge in [-0.05, 0) is 29.8 Å². The molecule has 0 bridgehead atoms.